The molecule has 0 aromatic heterocycles. The van der Waals surface area contributed by atoms with Crippen LogP contribution in [0.2, 0.25) is 10.0 Å². The van der Waals surface area contributed by atoms with Gasteiger partial charge >= 0.3 is 6.18 Å². The normalized spacial score (nSPS) is 11.5. The number of hydrogen-bond acceptors (Lipinski definition) is 2. The molecule has 0 spiro atoms. The minimum absolute atomic E-state index is 0.0143. The van der Waals surface area contributed by atoms with Crippen LogP contribution in [0, 0.1) is 0 Å². The molecule has 0 radical (unpaired) electrons. The van der Waals surface area contributed by atoms with E-state index in [1.54, 1.807) is 0 Å². The van der Waals surface area contributed by atoms with Crippen LogP contribution in [0.5, 0.6) is 0 Å². The van der Waals surface area contributed by atoms with Gasteiger partial charge in [0.05, 0.1) is 15.7 Å². The van der Waals surface area contributed by atoms with Gasteiger partial charge in [0.2, 0.25) is 0 Å². The molecule has 0 unspecified atom stereocenters. The molecule has 0 amide bonds. The van der Waals surface area contributed by atoms with Crippen LogP contribution in [0.15, 0.2) is 12.1 Å². The van der Waals surface area contributed by atoms with E-state index in [9.17, 15) is 18.0 Å². The molecule has 2 N–H and O–H groups in total. The lowest BCUT2D eigenvalue weighted by molar-refractivity contribution is -0.0885. The van der Waals surface area contributed by atoms with Crippen molar-refractivity contribution in [2.45, 2.75) is 6.18 Å². The molecule has 0 aliphatic heterocycles. The first-order valence-electron chi connectivity index (χ1n) is 3.60. The van der Waals surface area contributed by atoms with Crippen LogP contribution in [-0.4, -0.2) is 12.0 Å². The fourth-order valence-corrected chi connectivity index (χ4v) is 1.32. The molecule has 0 fully saturated rings. The fourth-order valence-electron chi connectivity index (χ4n) is 0.892. The van der Waals surface area contributed by atoms with Crippen molar-refractivity contribution in [2.24, 2.45) is 0 Å². The summed E-state index contributed by atoms with van der Waals surface area (Å²) in [6.45, 7) is 0. The van der Waals surface area contributed by atoms with Crippen LogP contribution in [0.25, 0.3) is 0 Å². The van der Waals surface area contributed by atoms with E-state index in [0.29, 0.717) is 0 Å². The van der Waals surface area contributed by atoms with E-state index < -0.39 is 22.5 Å². The van der Waals surface area contributed by atoms with Crippen molar-refractivity contribution in [3.63, 3.8) is 0 Å². The maximum absolute atomic E-state index is 12.1. The van der Waals surface area contributed by atoms with Crippen molar-refractivity contribution in [3.05, 3.63) is 27.7 Å². The Kier molecular flexibility index (Phi) is 3.16. The molecule has 1 aromatic carbocycles. The Morgan fingerprint density at radius 1 is 1.20 bits per heavy atom. The van der Waals surface area contributed by atoms with Crippen LogP contribution in [0.1, 0.15) is 10.4 Å². The van der Waals surface area contributed by atoms with Crippen LogP contribution < -0.4 is 5.73 Å². The van der Waals surface area contributed by atoms with Gasteiger partial charge in [0.25, 0.3) is 5.78 Å². The average Bonchev–Trinajstić information content (AvgIpc) is 2.12. The lowest BCUT2D eigenvalue weighted by Crippen LogP contribution is -2.23. The molecule has 0 saturated carbocycles. The molecule has 0 saturated heterocycles. The molecule has 0 heterocycles. The van der Waals surface area contributed by atoms with E-state index in [1.807, 2.05) is 0 Å². The second kappa shape index (κ2) is 3.90. The zero-order valence-electron chi connectivity index (χ0n) is 7.03. The molecule has 82 valence electrons. The highest BCUT2D eigenvalue weighted by Gasteiger charge is 2.40. The van der Waals surface area contributed by atoms with Gasteiger partial charge in [0, 0.05) is 5.56 Å². The molecule has 7 heteroatoms. The van der Waals surface area contributed by atoms with Gasteiger partial charge in [0.1, 0.15) is 0 Å². The fraction of sp³-hybridized carbons (Fsp3) is 0.125. The molecule has 2 nitrogen and oxygen atoms in total. The lowest BCUT2D eigenvalue weighted by Gasteiger charge is -2.08. The van der Waals surface area contributed by atoms with Crippen molar-refractivity contribution in [3.8, 4) is 0 Å². The van der Waals surface area contributed by atoms with E-state index >= 15 is 0 Å². The maximum Gasteiger partial charge on any atom is 0.454 e. The number of Topliss-reactive ketones (excluding diaryl/α,β-unsaturated/α-hetero) is 1. The number of nitrogens with two attached hydrogens (primary N) is 1. The first kappa shape index (κ1) is 12.1. The number of anilines is 1. The first-order chi connectivity index (χ1) is 6.75. The zero-order valence-corrected chi connectivity index (χ0v) is 8.54. The monoisotopic (exact) mass is 257 g/mol. The minimum Gasteiger partial charge on any atom is -0.397 e. The number of nitrogen functional groups attached to an aromatic ring is 1. The van der Waals surface area contributed by atoms with Crippen LogP contribution in [0.3, 0.4) is 0 Å². The second-order valence-electron chi connectivity index (χ2n) is 2.66. The van der Waals surface area contributed by atoms with Gasteiger partial charge < -0.3 is 5.73 Å². The SMILES string of the molecule is Nc1ccc(C(=O)C(F)(F)F)c(Cl)c1Cl. The number of ketones is 1. The third kappa shape index (κ3) is 2.35. The summed E-state index contributed by atoms with van der Waals surface area (Å²) < 4.78 is 36.2. The van der Waals surface area contributed by atoms with Crippen LogP contribution in [-0.2, 0) is 0 Å². The Labute approximate surface area is 92.8 Å². The number of rotatable bonds is 1. The highest BCUT2D eigenvalue weighted by atomic mass is 35.5. The number of alkyl halides is 3. The van der Waals surface area contributed by atoms with Crippen molar-refractivity contribution in [1.82, 2.24) is 0 Å². The predicted octanol–water partition coefficient (Wildman–Crippen LogP) is 3.32. The number of benzene rings is 1. The van der Waals surface area contributed by atoms with E-state index in [1.165, 1.54) is 0 Å². The third-order valence-corrected chi connectivity index (χ3v) is 2.51. The molecule has 0 aliphatic rings. The van der Waals surface area contributed by atoms with Gasteiger partial charge in [0.15, 0.2) is 0 Å². The topological polar surface area (TPSA) is 43.1 Å². The molecular formula is C8H4Cl2F3NO. The second-order valence-corrected chi connectivity index (χ2v) is 3.41. The average molecular weight is 258 g/mol. The quantitative estimate of drug-likeness (QED) is 0.620. The highest BCUT2D eigenvalue weighted by molar-refractivity contribution is 6.45. The largest absolute Gasteiger partial charge is 0.454 e. The van der Waals surface area contributed by atoms with E-state index in [2.05, 4.69) is 0 Å². The van der Waals surface area contributed by atoms with Gasteiger partial charge in [-0.15, -0.1) is 0 Å². The summed E-state index contributed by atoms with van der Waals surface area (Å²) in [6.07, 6.45) is -4.98. The van der Waals surface area contributed by atoms with Crippen LogP contribution >= 0.6 is 23.2 Å². The minimum atomic E-state index is -4.98. The highest BCUT2D eigenvalue weighted by Crippen LogP contribution is 2.34. The molecule has 1 rings (SSSR count). The molecule has 0 aliphatic carbocycles. The summed E-state index contributed by atoms with van der Waals surface area (Å²) in [5, 5.41) is -0.745. The Balaban J connectivity index is 3.29. The number of carbonyl (C=O) groups excluding carboxylic acids is 1. The summed E-state index contributed by atoms with van der Waals surface area (Å²) in [5.74, 6) is -2.05. The number of carbonyl (C=O) groups is 1. The van der Waals surface area contributed by atoms with E-state index in [-0.39, 0.29) is 10.7 Å². The number of hydrogen-bond donors (Lipinski definition) is 1. The Bertz CT molecular complexity index is 417. The maximum atomic E-state index is 12.1. The van der Waals surface area contributed by atoms with Gasteiger partial charge in [-0.25, -0.2) is 0 Å². The molecule has 15 heavy (non-hydrogen) atoms. The van der Waals surface area contributed by atoms with Crippen molar-refractivity contribution in [1.29, 1.82) is 0 Å². The van der Waals surface area contributed by atoms with Crippen LogP contribution in [0.4, 0.5) is 18.9 Å². The van der Waals surface area contributed by atoms with Crippen molar-refractivity contribution in [2.75, 3.05) is 5.73 Å². The summed E-state index contributed by atoms with van der Waals surface area (Å²) in [6, 6.07) is 1.98. The molecule has 0 atom stereocenters. The van der Waals surface area contributed by atoms with E-state index in [4.69, 9.17) is 28.9 Å². The summed E-state index contributed by atoms with van der Waals surface area (Å²) >= 11 is 11.0. The van der Waals surface area contributed by atoms with Crippen molar-refractivity contribution >= 4 is 34.7 Å². The zero-order chi connectivity index (χ0) is 11.8. The smallest absolute Gasteiger partial charge is 0.397 e. The van der Waals surface area contributed by atoms with Gasteiger partial charge in [-0.2, -0.15) is 13.2 Å². The summed E-state index contributed by atoms with van der Waals surface area (Å²) in [4.78, 5) is 10.8. The summed E-state index contributed by atoms with van der Waals surface area (Å²) in [5.41, 5.74) is 4.60. The first-order valence-corrected chi connectivity index (χ1v) is 4.35. The Morgan fingerprint density at radius 3 is 2.20 bits per heavy atom. The predicted molar refractivity (Wildman–Crippen MR) is 51.3 cm³/mol. The lowest BCUT2D eigenvalue weighted by atomic mass is 10.1. The Hall–Kier alpha value is -0.940. The van der Waals surface area contributed by atoms with Gasteiger partial charge in [-0.3, -0.25) is 4.79 Å². The van der Waals surface area contributed by atoms with Gasteiger partial charge in [-0.05, 0) is 12.1 Å². The molecule has 0 bridgehead atoms. The van der Waals surface area contributed by atoms with E-state index in [0.717, 1.165) is 12.1 Å². The third-order valence-electron chi connectivity index (χ3n) is 1.61. The molecular weight excluding hydrogens is 254 g/mol. The van der Waals surface area contributed by atoms with Crippen molar-refractivity contribution < 1.29 is 18.0 Å². The standard InChI is InChI=1S/C8H4Cl2F3NO/c9-5-3(7(15)8(11,12)13)1-2-4(14)6(5)10/h1-2H,14H2. The van der Waals surface area contributed by atoms with Gasteiger partial charge in [-0.1, -0.05) is 23.2 Å². The molecule has 1 aromatic rings. The summed E-state index contributed by atoms with van der Waals surface area (Å²) in [7, 11) is 0. The number of halogens is 5. The Morgan fingerprint density at radius 2 is 1.73 bits per heavy atom.